The molecule has 1 amide bonds. The van der Waals surface area contributed by atoms with Crippen molar-refractivity contribution in [2.24, 2.45) is 0 Å². The van der Waals surface area contributed by atoms with Crippen LogP contribution < -0.4 is 5.32 Å². The summed E-state index contributed by atoms with van der Waals surface area (Å²) in [5.41, 5.74) is 4.36. The van der Waals surface area contributed by atoms with Crippen LogP contribution in [0.15, 0.2) is 91.0 Å². The quantitative estimate of drug-likeness (QED) is 0.264. The lowest BCUT2D eigenvalue weighted by molar-refractivity contribution is 0.102. The van der Waals surface area contributed by atoms with E-state index < -0.39 is 0 Å². The van der Waals surface area contributed by atoms with Gasteiger partial charge in [-0.3, -0.25) is 14.6 Å². The Morgan fingerprint density at radius 2 is 1.57 bits per heavy atom. The number of aryl methyl sites for hydroxylation is 1. The second-order valence-electron chi connectivity index (χ2n) is 9.42. The number of nitrogens with zero attached hydrogens (tertiary/aromatic N) is 2. The van der Waals surface area contributed by atoms with Gasteiger partial charge in [0.15, 0.2) is 0 Å². The smallest absolute Gasteiger partial charge is 0.256 e. The molecule has 1 aromatic heterocycles. The molecule has 5 rings (SSSR count). The molecule has 4 aromatic rings. The second-order valence-corrected chi connectivity index (χ2v) is 11.0. The minimum absolute atomic E-state index is 0.0405. The van der Waals surface area contributed by atoms with Gasteiger partial charge in [0.2, 0.25) is 0 Å². The van der Waals surface area contributed by atoms with Crippen LogP contribution in [0.5, 0.6) is 0 Å². The molecule has 2 heterocycles. The van der Waals surface area contributed by atoms with Gasteiger partial charge >= 0.3 is 0 Å². The van der Waals surface area contributed by atoms with E-state index in [0.717, 1.165) is 54.7 Å². The first-order valence-electron chi connectivity index (χ1n) is 12.9. The van der Waals surface area contributed by atoms with Crippen LogP contribution >= 0.6 is 22.9 Å². The van der Waals surface area contributed by atoms with E-state index in [1.165, 1.54) is 16.0 Å². The van der Waals surface area contributed by atoms with Crippen LogP contribution in [-0.4, -0.2) is 41.9 Å². The van der Waals surface area contributed by atoms with Crippen molar-refractivity contribution in [3.05, 3.63) is 123 Å². The van der Waals surface area contributed by atoms with Crippen molar-refractivity contribution in [1.29, 1.82) is 0 Å². The topological polar surface area (TPSA) is 35.6 Å². The zero-order chi connectivity index (χ0) is 25.6. The third-order valence-corrected chi connectivity index (χ3v) is 8.39. The first-order valence-corrected chi connectivity index (χ1v) is 14.0. The van der Waals surface area contributed by atoms with Crippen molar-refractivity contribution < 1.29 is 4.79 Å². The van der Waals surface area contributed by atoms with E-state index in [-0.39, 0.29) is 11.9 Å². The SMILES string of the molecule is CCc1cc(C(c2ccc(Cl)cc2)N2CCN(Cc3ccccc3)CC2)c(NC(=O)c2ccccc2)s1. The lowest BCUT2D eigenvalue weighted by Gasteiger charge is -2.40. The molecular formula is C31H32ClN3OS. The van der Waals surface area contributed by atoms with Gasteiger partial charge in [-0.25, -0.2) is 0 Å². The molecule has 1 unspecified atom stereocenters. The molecule has 3 aromatic carbocycles. The minimum Gasteiger partial charge on any atom is -0.313 e. The molecule has 6 heteroatoms. The summed E-state index contributed by atoms with van der Waals surface area (Å²) in [4.78, 5) is 19.5. The number of rotatable bonds is 8. The highest BCUT2D eigenvalue weighted by molar-refractivity contribution is 7.16. The Hall–Kier alpha value is -2.96. The number of benzene rings is 3. The fourth-order valence-electron chi connectivity index (χ4n) is 4.95. The molecule has 190 valence electrons. The summed E-state index contributed by atoms with van der Waals surface area (Å²) in [5.74, 6) is -0.0751. The molecule has 1 aliphatic rings. The van der Waals surface area contributed by atoms with Crippen LogP contribution in [0.25, 0.3) is 0 Å². The average Bonchev–Trinajstić information content (AvgIpc) is 3.34. The number of thiophene rings is 1. The molecule has 1 fully saturated rings. The zero-order valence-electron chi connectivity index (χ0n) is 21.1. The summed E-state index contributed by atoms with van der Waals surface area (Å²) in [7, 11) is 0. The monoisotopic (exact) mass is 529 g/mol. The zero-order valence-corrected chi connectivity index (χ0v) is 22.6. The van der Waals surface area contributed by atoms with Crippen molar-refractivity contribution in [1.82, 2.24) is 9.80 Å². The summed E-state index contributed by atoms with van der Waals surface area (Å²) in [6, 6.07) is 30.6. The Balaban J connectivity index is 1.42. The van der Waals surface area contributed by atoms with Gasteiger partial charge in [-0.15, -0.1) is 11.3 Å². The third-order valence-electron chi connectivity index (χ3n) is 6.92. The lowest BCUT2D eigenvalue weighted by atomic mass is 9.97. The van der Waals surface area contributed by atoms with E-state index in [9.17, 15) is 4.79 Å². The van der Waals surface area contributed by atoms with Crippen LogP contribution in [-0.2, 0) is 13.0 Å². The minimum atomic E-state index is -0.0751. The predicted molar refractivity (Wildman–Crippen MR) is 155 cm³/mol. The molecular weight excluding hydrogens is 498 g/mol. The number of piperazine rings is 1. The fourth-order valence-corrected chi connectivity index (χ4v) is 6.10. The maximum Gasteiger partial charge on any atom is 0.256 e. The molecule has 1 saturated heterocycles. The first-order chi connectivity index (χ1) is 18.1. The number of carbonyl (C=O) groups excluding carboxylic acids is 1. The van der Waals surface area contributed by atoms with E-state index in [0.29, 0.717) is 5.56 Å². The maximum atomic E-state index is 13.1. The third kappa shape index (κ3) is 6.31. The molecule has 1 N–H and O–H groups in total. The second kappa shape index (κ2) is 12.1. The standard InChI is InChI=1S/C31H32ClN3OS/c1-2-27-21-28(31(37-27)33-30(36)25-11-7-4-8-12-25)29(24-13-15-26(32)16-14-24)35-19-17-34(18-20-35)22-23-9-5-3-6-10-23/h3-16,21,29H,2,17-20,22H2,1H3,(H,33,36). The van der Waals surface area contributed by atoms with Crippen LogP contribution in [0.4, 0.5) is 5.00 Å². The average molecular weight is 530 g/mol. The Bertz CT molecular complexity index is 1300. The largest absolute Gasteiger partial charge is 0.313 e. The Morgan fingerprint density at radius 1 is 0.919 bits per heavy atom. The summed E-state index contributed by atoms with van der Waals surface area (Å²) in [6.07, 6.45) is 0.928. The Kier molecular flexibility index (Phi) is 8.37. The number of nitrogens with one attached hydrogen (secondary N) is 1. The maximum absolute atomic E-state index is 13.1. The van der Waals surface area contributed by atoms with Gasteiger partial charge in [-0.1, -0.05) is 79.2 Å². The molecule has 0 bridgehead atoms. The Labute approximate surface area is 228 Å². The number of carbonyl (C=O) groups is 1. The van der Waals surface area contributed by atoms with E-state index in [1.807, 2.05) is 42.5 Å². The number of halogens is 1. The molecule has 0 saturated carbocycles. The normalized spacial score (nSPS) is 15.4. The lowest BCUT2D eigenvalue weighted by Crippen LogP contribution is -2.47. The Morgan fingerprint density at radius 3 is 2.22 bits per heavy atom. The first kappa shape index (κ1) is 25.7. The van der Waals surface area contributed by atoms with Crippen molar-refractivity contribution in [2.75, 3.05) is 31.5 Å². The number of hydrogen-bond acceptors (Lipinski definition) is 4. The molecule has 37 heavy (non-hydrogen) atoms. The number of anilines is 1. The summed E-state index contributed by atoms with van der Waals surface area (Å²) < 4.78 is 0. The van der Waals surface area contributed by atoms with Gasteiger partial charge in [0.25, 0.3) is 5.91 Å². The van der Waals surface area contributed by atoms with E-state index in [4.69, 9.17) is 11.6 Å². The van der Waals surface area contributed by atoms with Crippen LogP contribution in [0.3, 0.4) is 0 Å². The molecule has 4 nitrogen and oxygen atoms in total. The van der Waals surface area contributed by atoms with Gasteiger partial charge in [0.1, 0.15) is 5.00 Å². The number of hydrogen-bond donors (Lipinski definition) is 1. The van der Waals surface area contributed by atoms with Crippen LogP contribution in [0.1, 0.15) is 44.9 Å². The van der Waals surface area contributed by atoms with Gasteiger partial charge in [-0.2, -0.15) is 0 Å². The van der Waals surface area contributed by atoms with Crippen molar-refractivity contribution in [3.8, 4) is 0 Å². The molecule has 0 aliphatic carbocycles. The van der Waals surface area contributed by atoms with Gasteiger partial charge < -0.3 is 5.32 Å². The van der Waals surface area contributed by atoms with Gasteiger partial charge in [-0.05, 0) is 47.9 Å². The number of amides is 1. The molecule has 1 aliphatic heterocycles. The van der Waals surface area contributed by atoms with E-state index in [1.54, 1.807) is 11.3 Å². The van der Waals surface area contributed by atoms with Crippen LogP contribution in [0, 0.1) is 0 Å². The van der Waals surface area contributed by atoms with Crippen molar-refractivity contribution in [3.63, 3.8) is 0 Å². The van der Waals surface area contributed by atoms with Crippen molar-refractivity contribution >= 4 is 33.8 Å². The highest BCUT2D eigenvalue weighted by Crippen LogP contribution is 2.40. The molecule has 0 spiro atoms. The van der Waals surface area contributed by atoms with Gasteiger partial charge in [0.05, 0.1) is 6.04 Å². The summed E-state index contributed by atoms with van der Waals surface area (Å²) in [5, 5.41) is 4.90. The van der Waals surface area contributed by atoms with E-state index in [2.05, 4.69) is 70.6 Å². The highest BCUT2D eigenvalue weighted by Gasteiger charge is 2.30. The van der Waals surface area contributed by atoms with Crippen LogP contribution in [0.2, 0.25) is 5.02 Å². The molecule has 1 atom stereocenters. The fraction of sp³-hybridized carbons (Fsp3) is 0.258. The summed E-state index contributed by atoms with van der Waals surface area (Å²) in [6.45, 7) is 7.02. The van der Waals surface area contributed by atoms with E-state index >= 15 is 0 Å². The van der Waals surface area contributed by atoms with Crippen molar-refractivity contribution in [2.45, 2.75) is 25.9 Å². The van der Waals surface area contributed by atoms with Gasteiger partial charge in [0, 0.05) is 53.8 Å². The highest BCUT2D eigenvalue weighted by atomic mass is 35.5. The summed E-state index contributed by atoms with van der Waals surface area (Å²) >= 11 is 7.94. The molecule has 0 radical (unpaired) electrons. The predicted octanol–water partition coefficient (Wildman–Crippen LogP) is 7.12.